The van der Waals surface area contributed by atoms with Crippen molar-refractivity contribution < 1.29 is 14.3 Å². The molecule has 1 aromatic carbocycles. The normalized spacial score (nSPS) is 12.1. The summed E-state index contributed by atoms with van der Waals surface area (Å²) in [6, 6.07) is 5.53. The summed E-state index contributed by atoms with van der Waals surface area (Å²) in [5, 5.41) is 2.95. The molecule has 22 heavy (non-hydrogen) atoms. The van der Waals surface area contributed by atoms with Crippen molar-refractivity contribution in [3.8, 4) is 11.5 Å². The zero-order valence-electron chi connectivity index (χ0n) is 13.9. The highest BCUT2D eigenvalue weighted by molar-refractivity contribution is 5.87. The number of rotatable bonds is 7. The molecule has 0 aliphatic carbocycles. The number of nitrogens with two attached hydrogens (primary N) is 1. The number of carbonyl (C=O) groups excluding carboxylic acids is 1. The van der Waals surface area contributed by atoms with Gasteiger partial charge in [0.15, 0.2) is 11.5 Å². The molecule has 0 spiro atoms. The van der Waals surface area contributed by atoms with Gasteiger partial charge in [0.05, 0.1) is 19.6 Å². The second-order valence-corrected chi connectivity index (χ2v) is 5.75. The maximum atomic E-state index is 12.4. The van der Waals surface area contributed by atoms with E-state index in [9.17, 15) is 4.79 Å². The molecule has 1 aromatic rings. The number of hydrogen-bond acceptors (Lipinski definition) is 4. The first-order valence-corrected chi connectivity index (χ1v) is 7.07. The number of halogens is 1. The van der Waals surface area contributed by atoms with Crippen molar-refractivity contribution in [3.63, 3.8) is 0 Å². The molecule has 0 saturated heterocycles. The third-order valence-electron chi connectivity index (χ3n) is 3.69. The van der Waals surface area contributed by atoms with Crippen molar-refractivity contribution in [1.29, 1.82) is 0 Å². The van der Waals surface area contributed by atoms with Gasteiger partial charge in [0.1, 0.15) is 0 Å². The highest BCUT2D eigenvalue weighted by Crippen LogP contribution is 2.33. The number of hydrogen-bond donors (Lipinski definition) is 2. The molecule has 126 valence electrons. The van der Waals surface area contributed by atoms with Crippen LogP contribution in [0.2, 0.25) is 0 Å². The van der Waals surface area contributed by atoms with Gasteiger partial charge >= 0.3 is 0 Å². The zero-order valence-corrected chi connectivity index (χ0v) is 14.8. The van der Waals surface area contributed by atoms with Gasteiger partial charge in [0.25, 0.3) is 0 Å². The van der Waals surface area contributed by atoms with Crippen LogP contribution in [0, 0.1) is 5.92 Å². The third kappa shape index (κ3) is 4.78. The molecular formula is C16H27ClN2O3. The first-order valence-electron chi connectivity index (χ1n) is 7.07. The SMILES string of the molecule is COc1ccc(C(C)(C)C(=O)NCC(C)CN)cc1OC.Cl. The predicted octanol–water partition coefficient (Wildman–Crippen LogP) is 2.11. The monoisotopic (exact) mass is 330 g/mol. The highest BCUT2D eigenvalue weighted by Gasteiger charge is 2.30. The van der Waals surface area contributed by atoms with Crippen LogP contribution in [0.4, 0.5) is 0 Å². The van der Waals surface area contributed by atoms with Crippen molar-refractivity contribution in [3.05, 3.63) is 23.8 Å². The van der Waals surface area contributed by atoms with Crippen LogP contribution in [0.15, 0.2) is 18.2 Å². The molecule has 1 atom stereocenters. The highest BCUT2D eigenvalue weighted by atomic mass is 35.5. The van der Waals surface area contributed by atoms with Crippen LogP contribution in [0.1, 0.15) is 26.3 Å². The molecule has 0 fully saturated rings. The van der Waals surface area contributed by atoms with Crippen LogP contribution in [-0.4, -0.2) is 33.2 Å². The van der Waals surface area contributed by atoms with Gasteiger partial charge in [0, 0.05) is 6.54 Å². The van der Waals surface area contributed by atoms with Gasteiger partial charge in [-0.15, -0.1) is 12.4 Å². The Labute approximate surface area is 139 Å². The molecule has 0 aromatic heterocycles. The van der Waals surface area contributed by atoms with Crippen LogP contribution in [-0.2, 0) is 10.2 Å². The quantitative estimate of drug-likeness (QED) is 0.803. The summed E-state index contributed by atoms with van der Waals surface area (Å²) >= 11 is 0. The van der Waals surface area contributed by atoms with E-state index in [2.05, 4.69) is 5.32 Å². The van der Waals surface area contributed by atoms with E-state index in [0.717, 1.165) is 5.56 Å². The average molecular weight is 331 g/mol. The molecule has 0 aliphatic rings. The smallest absolute Gasteiger partial charge is 0.230 e. The summed E-state index contributed by atoms with van der Waals surface area (Å²) in [4.78, 5) is 12.4. The van der Waals surface area contributed by atoms with Gasteiger partial charge in [-0.05, 0) is 44.0 Å². The summed E-state index contributed by atoms with van der Waals surface area (Å²) in [6.07, 6.45) is 0. The number of benzene rings is 1. The Morgan fingerprint density at radius 2 is 1.86 bits per heavy atom. The lowest BCUT2D eigenvalue weighted by Crippen LogP contribution is -2.42. The summed E-state index contributed by atoms with van der Waals surface area (Å²) in [7, 11) is 3.17. The fourth-order valence-corrected chi connectivity index (χ4v) is 1.93. The van der Waals surface area contributed by atoms with Gasteiger partial charge in [0.2, 0.25) is 5.91 Å². The molecule has 0 radical (unpaired) electrons. The van der Waals surface area contributed by atoms with Crippen molar-refractivity contribution in [2.75, 3.05) is 27.3 Å². The Bertz CT molecular complexity index is 492. The Hall–Kier alpha value is -1.46. The van der Waals surface area contributed by atoms with E-state index in [0.29, 0.717) is 24.6 Å². The zero-order chi connectivity index (χ0) is 16.0. The molecule has 1 rings (SSSR count). The van der Waals surface area contributed by atoms with Crippen LogP contribution >= 0.6 is 12.4 Å². The molecular weight excluding hydrogens is 304 g/mol. The van der Waals surface area contributed by atoms with Crippen LogP contribution < -0.4 is 20.5 Å². The van der Waals surface area contributed by atoms with Gasteiger partial charge in [-0.25, -0.2) is 0 Å². The minimum absolute atomic E-state index is 0. The van der Waals surface area contributed by atoms with E-state index in [1.165, 1.54) is 0 Å². The largest absolute Gasteiger partial charge is 0.493 e. The van der Waals surface area contributed by atoms with E-state index in [-0.39, 0.29) is 24.2 Å². The predicted molar refractivity (Wildman–Crippen MR) is 91.0 cm³/mol. The molecule has 0 heterocycles. The maximum absolute atomic E-state index is 12.4. The van der Waals surface area contributed by atoms with Crippen molar-refractivity contribution in [2.24, 2.45) is 11.7 Å². The van der Waals surface area contributed by atoms with Crippen molar-refractivity contribution >= 4 is 18.3 Å². The Kier molecular flexibility index (Phi) is 8.27. The molecule has 3 N–H and O–H groups in total. The number of amides is 1. The lowest BCUT2D eigenvalue weighted by molar-refractivity contribution is -0.125. The lowest BCUT2D eigenvalue weighted by Gasteiger charge is -2.26. The Morgan fingerprint density at radius 3 is 2.36 bits per heavy atom. The van der Waals surface area contributed by atoms with Gasteiger partial charge in [-0.1, -0.05) is 13.0 Å². The molecule has 6 heteroatoms. The van der Waals surface area contributed by atoms with E-state index in [1.807, 2.05) is 39.0 Å². The van der Waals surface area contributed by atoms with E-state index < -0.39 is 5.41 Å². The third-order valence-corrected chi connectivity index (χ3v) is 3.69. The van der Waals surface area contributed by atoms with Crippen molar-refractivity contribution in [2.45, 2.75) is 26.2 Å². The number of ether oxygens (including phenoxy) is 2. The molecule has 5 nitrogen and oxygen atoms in total. The number of carbonyl (C=O) groups is 1. The standard InChI is InChI=1S/C16H26N2O3.ClH/c1-11(9-17)10-18-15(19)16(2,3)12-6-7-13(20-4)14(8-12)21-5;/h6-8,11H,9-10,17H2,1-5H3,(H,18,19);1H. The molecule has 1 unspecified atom stereocenters. The van der Waals surface area contributed by atoms with Crippen LogP contribution in [0.5, 0.6) is 11.5 Å². The number of nitrogens with one attached hydrogen (secondary N) is 1. The fourth-order valence-electron chi connectivity index (χ4n) is 1.93. The maximum Gasteiger partial charge on any atom is 0.230 e. The Balaban J connectivity index is 0.00000441. The fraction of sp³-hybridized carbons (Fsp3) is 0.562. The summed E-state index contributed by atoms with van der Waals surface area (Å²) in [5.41, 5.74) is 5.78. The molecule has 0 bridgehead atoms. The number of methoxy groups -OCH3 is 2. The summed E-state index contributed by atoms with van der Waals surface area (Å²) in [6.45, 7) is 6.90. The minimum Gasteiger partial charge on any atom is -0.493 e. The van der Waals surface area contributed by atoms with Crippen LogP contribution in [0.3, 0.4) is 0 Å². The van der Waals surface area contributed by atoms with E-state index in [1.54, 1.807) is 14.2 Å². The van der Waals surface area contributed by atoms with E-state index >= 15 is 0 Å². The van der Waals surface area contributed by atoms with Gasteiger partial charge in [-0.2, -0.15) is 0 Å². The average Bonchev–Trinajstić information content (AvgIpc) is 2.50. The topological polar surface area (TPSA) is 73.6 Å². The first kappa shape index (κ1) is 20.5. The molecule has 0 aliphatic heterocycles. The lowest BCUT2D eigenvalue weighted by atomic mass is 9.83. The minimum atomic E-state index is -0.659. The van der Waals surface area contributed by atoms with Crippen LogP contribution in [0.25, 0.3) is 0 Å². The summed E-state index contributed by atoms with van der Waals surface area (Å²) in [5.74, 6) is 1.49. The summed E-state index contributed by atoms with van der Waals surface area (Å²) < 4.78 is 10.5. The van der Waals surface area contributed by atoms with E-state index in [4.69, 9.17) is 15.2 Å². The first-order chi connectivity index (χ1) is 9.86. The van der Waals surface area contributed by atoms with Crippen molar-refractivity contribution in [1.82, 2.24) is 5.32 Å². The second kappa shape index (κ2) is 8.86. The van der Waals surface area contributed by atoms with Gasteiger partial charge in [-0.3, -0.25) is 4.79 Å². The molecule has 0 saturated carbocycles. The second-order valence-electron chi connectivity index (χ2n) is 5.75. The van der Waals surface area contributed by atoms with Gasteiger partial charge < -0.3 is 20.5 Å². The molecule has 1 amide bonds. The Morgan fingerprint density at radius 1 is 1.27 bits per heavy atom.